The number of para-hydroxylation sites is 1. The van der Waals surface area contributed by atoms with Gasteiger partial charge in [-0.15, -0.1) is 11.3 Å². The van der Waals surface area contributed by atoms with Crippen LogP contribution in [0.1, 0.15) is 36.0 Å². The minimum atomic E-state index is -0.450. The van der Waals surface area contributed by atoms with Crippen molar-refractivity contribution in [1.82, 2.24) is 5.32 Å². The molecule has 0 bridgehead atoms. The number of carbonyl (C=O) groups is 2. The lowest BCUT2D eigenvalue weighted by atomic mass is 9.91. The fourth-order valence-electron chi connectivity index (χ4n) is 2.32. The number of carbonyl (C=O) groups excluding carboxylic acids is 2. The van der Waals surface area contributed by atoms with Crippen molar-refractivity contribution in [3.05, 3.63) is 40.8 Å². The van der Waals surface area contributed by atoms with Crippen molar-refractivity contribution in [1.29, 1.82) is 0 Å². The van der Waals surface area contributed by atoms with Gasteiger partial charge in [-0.1, -0.05) is 32.9 Å². The van der Waals surface area contributed by atoms with Crippen LogP contribution in [0.3, 0.4) is 0 Å². The van der Waals surface area contributed by atoms with E-state index < -0.39 is 5.41 Å². The quantitative estimate of drug-likeness (QED) is 0.935. The Bertz CT molecular complexity index is 771. The average molecular weight is 329 g/mol. The molecule has 0 spiro atoms. The lowest BCUT2D eigenvalue weighted by molar-refractivity contribution is -0.125. The Morgan fingerprint density at radius 1 is 1.26 bits per heavy atom. The smallest absolute Gasteiger partial charge is 0.261 e. The van der Waals surface area contributed by atoms with Crippen LogP contribution >= 0.6 is 11.3 Å². The van der Waals surface area contributed by atoms with E-state index in [9.17, 15) is 9.59 Å². The van der Waals surface area contributed by atoms with Gasteiger partial charge >= 0.3 is 0 Å². The Morgan fingerprint density at radius 2 is 2.00 bits per heavy atom. The fraction of sp³-hybridized carbons (Fsp3) is 0.333. The SMILES string of the molecule is CC(C)(C)C(=O)CNC(=O)c1cc2c(s1)-c1ccccc1OC2. The summed E-state index contributed by atoms with van der Waals surface area (Å²) >= 11 is 1.44. The highest BCUT2D eigenvalue weighted by atomic mass is 32.1. The van der Waals surface area contributed by atoms with E-state index in [4.69, 9.17) is 4.74 Å². The van der Waals surface area contributed by atoms with Gasteiger partial charge in [0, 0.05) is 21.4 Å². The van der Waals surface area contributed by atoms with Gasteiger partial charge in [0.05, 0.1) is 11.4 Å². The molecule has 0 radical (unpaired) electrons. The summed E-state index contributed by atoms with van der Waals surface area (Å²) in [5.41, 5.74) is 1.58. The molecule has 0 fully saturated rings. The second-order valence-electron chi connectivity index (χ2n) is 6.61. The first-order valence-corrected chi connectivity index (χ1v) is 8.34. The zero-order valence-corrected chi connectivity index (χ0v) is 14.3. The minimum Gasteiger partial charge on any atom is -0.488 e. The maximum Gasteiger partial charge on any atom is 0.261 e. The van der Waals surface area contributed by atoms with Crippen molar-refractivity contribution in [2.75, 3.05) is 6.54 Å². The first-order chi connectivity index (χ1) is 10.9. The van der Waals surface area contributed by atoms with Gasteiger partial charge < -0.3 is 10.1 Å². The third-order valence-electron chi connectivity index (χ3n) is 3.79. The number of ether oxygens (including phenoxy) is 1. The first-order valence-electron chi connectivity index (χ1n) is 7.52. The highest BCUT2D eigenvalue weighted by Crippen LogP contribution is 2.42. The lowest BCUT2D eigenvalue weighted by Crippen LogP contribution is -2.35. The number of thiophene rings is 1. The van der Waals surface area contributed by atoms with Crippen molar-refractivity contribution in [3.63, 3.8) is 0 Å². The molecule has 2 aromatic rings. The Morgan fingerprint density at radius 3 is 2.74 bits per heavy atom. The molecule has 0 unspecified atom stereocenters. The summed E-state index contributed by atoms with van der Waals surface area (Å²) in [6, 6.07) is 9.67. The van der Waals surface area contributed by atoms with Crippen molar-refractivity contribution in [2.24, 2.45) is 5.41 Å². The third kappa shape index (κ3) is 3.15. The molecular formula is C18H19NO3S. The predicted molar refractivity (Wildman–Crippen MR) is 90.9 cm³/mol. The van der Waals surface area contributed by atoms with E-state index in [0.717, 1.165) is 21.8 Å². The maximum absolute atomic E-state index is 12.3. The molecule has 1 aromatic carbocycles. The monoisotopic (exact) mass is 329 g/mol. The largest absolute Gasteiger partial charge is 0.488 e. The summed E-state index contributed by atoms with van der Waals surface area (Å²) in [4.78, 5) is 25.9. The number of amides is 1. The molecule has 0 saturated carbocycles. The van der Waals surface area contributed by atoms with Crippen LogP contribution in [0.4, 0.5) is 0 Å². The topological polar surface area (TPSA) is 55.4 Å². The molecule has 0 aliphatic carbocycles. The molecule has 5 heteroatoms. The number of hydrogen-bond donors (Lipinski definition) is 1. The molecule has 4 nitrogen and oxygen atoms in total. The number of nitrogens with one attached hydrogen (secondary N) is 1. The van der Waals surface area contributed by atoms with Crippen LogP contribution in [0.2, 0.25) is 0 Å². The summed E-state index contributed by atoms with van der Waals surface area (Å²) in [7, 11) is 0. The summed E-state index contributed by atoms with van der Waals surface area (Å²) in [5, 5.41) is 2.72. The summed E-state index contributed by atoms with van der Waals surface area (Å²) in [6.45, 7) is 6.06. The van der Waals surface area contributed by atoms with Gasteiger partial charge in [-0.05, 0) is 18.2 Å². The fourth-order valence-corrected chi connectivity index (χ4v) is 3.44. The normalized spacial score (nSPS) is 12.8. The van der Waals surface area contributed by atoms with Gasteiger partial charge in [0.2, 0.25) is 0 Å². The molecular weight excluding hydrogens is 310 g/mol. The van der Waals surface area contributed by atoms with Crippen molar-refractivity contribution in [3.8, 4) is 16.2 Å². The summed E-state index contributed by atoms with van der Waals surface area (Å²) in [5.74, 6) is 0.650. The van der Waals surface area contributed by atoms with Gasteiger partial charge in [0.1, 0.15) is 12.4 Å². The molecule has 1 amide bonds. The van der Waals surface area contributed by atoms with Crippen LogP contribution in [-0.4, -0.2) is 18.2 Å². The van der Waals surface area contributed by atoms with Crippen LogP contribution in [0, 0.1) is 5.41 Å². The number of rotatable bonds is 3. The second kappa shape index (κ2) is 5.81. The third-order valence-corrected chi connectivity index (χ3v) is 5.00. The minimum absolute atomic E-state index is 0.0147. The van der Waals surface area contributed by atoms with Gasteiger partial charge in [-0.3, -0.25) is 9.59 Å². The van der Waals surface area contributed by atoms with Crippen LogP contribution < -0.4 is 10.1 Å². The van der Waals surface area contributed by atoms with E-state index in [2.05, 4.69) is 5.32 Å². The average Bonchev–Trinajstić information content (AvgIpc) is 2.96. The molecule has 1 aliphatic heterocycles. The number of hydrogen-bond acceptors (Lipinski definition) is 4. The Balaban J connectivity index is 1.78. The van der Waals surface area contributed by atoms with Crippen LogP contribution in [0.5, 0.6) is 5.75 Å². The molecule has 23 heavy (non-hydrogen) atoms. The Labute approximate surface area is 139 Å². The number of fused-ring (bicyclic) bond motifs is 3. The van der Waals surface area contributed by atoms with Crippen LogP contribution in [0.15, 0.2) is 30.3 Å². The highest BCUT2D eigenvalue weighted by molar-refractivity contribution is 7.17. The first kappa shape index (κ1) is 15.7. The van der Waals surface area contributed by atoms with E-state index in [0.29, 0.717) is 11.5 Å². The van der Waals surface area contributed by atoms with E-state index in [1.807, 2.05) is 51.1 Å². The van der Waals surface area contributed by atoms with Crippen LogP contribution in [0.25, 0.3) is 10.4 Å². The molecule has 3 rings (SSSR count). The van der Waals surface area contributed by atoms with Gasteiger partial charge in [-0.2, -0.15) is 0 Å². The van der Waals surface area contributed by atoms with Gasteiger partial charge in [0.25, 0.3) is 5.91 Å². The molecule has 0 atom stereocenters. The Hall–Kier alpha value is -2.14. The zero-order valence-electron chi connectivity index (χ0n) is 13.4. The highest BCUT2D eigenvalue weighted by Gasteiger charge is 2.24. The molecule has 1 aromatic heterocycles. The van der Waals surface area contributed by atoms with Gasteiger partial charge in [0.15, 0.2) is 5.78 Å². The predicted octanol–water partition coefficient (Wildman–Crippen LogP) is 3.65. The summed E-state index contributed by atoms with van der Waals surface area (Å²) < 4.78 is 5.71. The number of Topliss-reactive ketones (excluding diaryl/α,β-unsaturated/α-hetero) is 1. The van der Waals surface area contributed by atoms with E-state index >= 15 is 0 Å². The molecule has 0 saturated heterocycles. The van der Waals surface area contributed by atoms with Crippen molar-refractivity contribution in [2.45, 2.75) is 27.4 Å². The van der Waals surface area contributed by atoms with Gasteiger partial charge in [-0.25, -0.2) is 0 Å². The molecule has 1 aliphatic rings. The van der Waals surface area contributed by atoms with E-state index in [-0.39, 0.29) is 18.2 Å². The molecule has 120 valence electrons. The second-order valence-corrected chi connectivity index (χ2v) is 7.66. The lowest BCUT2D eigenvalue weighted by Gasteiger charge is -2.16. The standard InChI is InChI=1S/C18H19NO3S/c1-18(2,3)15(20)9-19-17(21)14-8-11-10-22-13-7-5-4-6-12(13)16(11)23-14/h4-8H,9-10H2,1-3H3,(H,19,21). The van der Waals surface area contributed by atoms with E-state index in [1.54, 1.807) is 0 Å². The Kier molecular flexibility index (Phi) is 3.98. The van der Waals surface area contributed by atoms with Crippen molar-refractivity contribution < 1.29 is 14.3 Å². The number of ketones is 1. The van der Waals surface area contributed by atoms with E-state index in [1.165, 1.54) is 11.3 Å². The van der Waals surface area contributed by atoms with Crippen molar-refractivity contribution >= 4 is 23.0 Å². The zero-order chi connectivity index (χ0) is 16.6. The molecule has 1 N–H and O–H groups in total. The number of benzene rings is 1. The molecule has 2 heterocycles. The maximum atomic E-state index is 12.3. The van der Waals surface area contributed by atoms with Crippen LogP contribution in [-0.2, 0) is 11.4 Å². The summed E-state index contributed by atoms with van der Waals surface area (Å²) in [6.07, 6.45) is 0.